The largest absolute Gasteiger partial charge is 0.387 e. The molecular formula is C15H19N5O4S. The summed E-state index contributed by atoms with van der Waals surface area (Å²) in [6, 6.07) is 9.15. The van der Waals surface area contributed by atoms with E-state index in [1.54, 1.807) is 4.90 Å². The lowest BCUT2D eigenvalue weighted by molar-refractivity contribution is -0.134. The monoisotopic (exact) mass is 365 g/mol. The summed E-state index contributed by atoms with van der Waals surface area (Å²) < 4.78 is 25.2. The van der Waals surface area contributed by atoms with E-state index in [0.29, 0.717) is 37.8 Å². The second kappa shape index (κ2) is 6.81. The van der Waals surface area contributed by atoms with Crippen molar-refractivity contribution in [1.29, 1.82) is 0 Å². The van der Waals surface area contributed by atoms with Gasteiger partial charge >= 0.3 is 0 Å². The Morgan fingerprint density at radius 2 is 1.80 bits per heavy atom. The topological polar surface area (TPSA) is 109 Å². The van der Waals surface area contributed by atoms with Crippen molar-refractivity contribution in [3.05, 3.63) is 30.3 Å². The minimum absolute atomic E-state index is 0.236. The summed E-state index contributed by atoms with van der Waals surface area (Å²) in [5, 5.41) is 12.9. The molecule has 0 unspecified atom stereocenters. The lowest BCUT2D eigenvalue weighted by atomic mass is 10.3. The number of nitrogens with zero attached hydrogens (tertiary/aromatic N) is 5. The van der Waals surface area contributed by atoms with Crippen LogP contribution >= 0.6 is 0 Å². The number of hydrogen-bond donors (Lipinski definition) is 1. The van der Waals surface area contributed by atoms with E-state index in [1.807, 2.05) is 35.2 Å². The summed E-state index contributed by atoms with van der Waals surface area (Å²) in [7, 11) is -3.55. The van der Waals surface area contributed by atoms with Crippen LogP contribution in [0.4, 0.5) is 5.95 Å². The number of amides is 1. The summed E-state index contributed by atoms with van der Waals surface area (Å²) in [6.07, 6.45) is 1.07. The second-order valence-corrected chi connectivity index (χ2v) is 7.65. The number of anilines is 1. The Labute approximate surface area is 145 Å². The number of sulfone groups is 1. The average Bonchev–Trinajstić information content (AvgIpc) is 3.08. The van der Waals surface area contributed by atoms with Crippen molar-refractivity contribution < 1.29 is 18.3 Å². The number of carbonyl (C=O) groups excluding carboxylic acids is 1. The summed E-state index contributed by atoms with van der Waals surface area (Å²) in [4.78, 5) is 19.2. The minimum atomic E-state index is -3.55. The molecule has 1 aromatic heterocycles. The Bertz CT molecular complexity index is 857. The van der Waals surface area contributed by atoms with Crippen molar-refractivity contribution in [3.8, 4) is 5.69 Å². The highest BCUT2D eigenvalue weighted by atomic mass is 32.2. The number of hydrogen-bond acceptors (Lipinski definition) is 7. The summed E-state index contributed by atoms with van der Waals surface area (Å²) in [5.74, 6) is 0.101. The molecule has 0 bridgehead atoms. The maximum atomic E-state index is 11.9. The highest BCUT2D eigenvalue weighted by Crippen LogP contribution is 2.21. The molecule has 1 amide bonds. The van der Waals surface area contributed by atoms with Crippen LogP contribution in [0.5, 0.6) is 0 Å². The van der Waals surface area contributed by atoms with Crippen LogP contribution in [-0.4, -0.2) is 78.1 Å². The Morgan fingerprint density at radius 1 is 1.16 bits per heavy atom. The molecule has 0 radical (unpaired) electrons. The summed E-state index contributed by atoms with van der Waals surface area (Å²) in [5.41, 5.74) is 0.703. The molecule has 2 aromatic rings. The minimum Gasteiger partial charge on any atom is -0.387 e. The quantitative estimate of drug-likeness (QED) is 0.764. The SMILES string of the molecule is CS(=O)(=O)c1nc(N2CCN(C(=O)CO)CC2)n(-c2ccccc2)n1. The molecule has 1 aliphatic rings. The Kier molecular flexibility index (Phi) is 4.73. The van der Waals surface area contributed by atoms with E-state index in [9.17, 15) is 13.2 Å². The van der Waals surface area contributed by atoms with Gasteiger partial charge in [-0.2, -0.15) is 9.67 Å². The van der Waals surface area contributed by atoms with Crippen LogP contribution in [0.15, 0.2) is 35.5 Å². The third-order valence-electron chi connectivity index (χ3n) is 3.95. The maximum absolute atomic E-state index is 11.9. The molecule has 9 nitrogen and oxygen atoms in total. The molecule has 1 saturated heterocycles. The van der Waals surface area contributed by atoms with E-state index in [4.69, 9.17) is 5.11 Å². The molecule has 134 valence electrons. The molecule has 0 atom stereocenters. The number of benzene rings is 1. The predicted octanol–water partition coefficient (Wildman–Crippen LogP) is -0.688. The van der Waals surface area contributed by atoms with E-state index in [1.165, 1.54) is 4.68 Å². The van der Waals surface area contributed by atoms with Crippen LogP contribution in [0.25, 0.3) is 5.69 Å². The predicted molar refractivity (Wildman–Crippen MR) is 90.3 cm³/mol. The summed E-state index contributed by atoms with van der Waals surface area (Å²) in [6.45, 7) is 1.28. The fraction of sp³-hybridized carbons (Fsp3) is 0.400. The van der Waals surface area contributed by atoms with Crippen molar-refractivity contribution in [1.82, 2.24) is 19.7 Å². The van der Waals surface area contributed by atoms with Crippen molar-refractivity contribution in [2.75, 3.05) is 43.9 Å². The molecular weight excluding hydrogens is 346 g/mol. The number of aliphatic hydroxyl groups excluding tert-OH is 1. The lowest BCUT2D eigenvalue weighted by Gasteiger charge is -2.34. The van der Waals surface area contributed by atoms with Crippen LogP contribution in [0.3, 0.4) is 0 Å². The molecule has 1 fully saturated rings. The highest BCUT2D eigenvalue weighted by molar-refractivity contribution is 7.90. The first-order valence-corrected chi connectivity index (χ1v) is 9.65. The number of carbonyl (C=O) groups is 1. The van der Waals surface area contributed by atoms with Gasteiger partial charge < -0.3 is 14.9 Å². The average molecular weight is 365 g/mol. The highest BCUT2D eigenvalue weighted by Gasteiger charge is 2.27. The molecule has 0 saturated carbocycles. The first-order chi connectivity index (χ1) is 11.9. The molecule has 1 aromatic carbocycles. The molecule has 3 rings (SSSR count). The zero-order valence-corrected chi connectivity index (χ0v) is 14.6. The third-order valence-corrected chi connectivity index (χ3v) is 4.79. The van der Waals surface area contributed by atoms with Gasteiger partial charge in [-0.05, 0) is 12.1 Å². The summed E-state index contributed by atoms with van der Waals surface area (Å²) >= 11 is 0. The second-order valence-electron chi connectivity index (χ2n) is 5.74. The van der Waals surface area contributed by atoms with Gasteiger partial charge in [-0.25, -0.2) is 8.42 Å². The van der Waals surface area contributed by atoms with Crippen LogP contribution in [0.1, 0.15) is 0 Å². The number of para-hydroxylation sites is 1. The molecule has 1 aliphatic heterocycles. The van der Waals surface area contributed by atoms with Gasteiger partial charge in [0.25, 0.3) is 5.16 Å². The van der Waals surface area contributed by atoms with Gasteiger partial charge in [-0.3, -0.25) is 4.79 Å². The first kappa shape index (κ1) is 17.4. The van der Waals surface area contributed by atoms with Gasteiger partial charge in [0.2, 0.25) is 21.7 Å². The zero-order valence-electron chi connectivity index (χ0n) is 13.7. The first-order valence-electron chi connectivity index (χ1n) is 7.76. The van der Waals surface area contributed by atoms with Gasteiger partial charge in [-0.1, -0.05) is 18.2 Å². The van der Waals surface area contributed by atoms with Gasteiger partial charge in [0.05, 0.1) is 5.69 Å². The van der Waals surface area contributed by atoms with Crippen molar-refractivity contribution in [2.45, 2.75) is 5.16 Å². The fourth-order valence-electron chi connectivity index (χ4n) is 2.65. The molecule has 2 heterocycles. The Balaban J connectivity index is 1.93. The van der Waals surface area contributed by atoms with Crippen molar-refractivity contribution in [2.24, 2.45) is 0 Å². The van der Waals surface area contributed by atoms with E-state index in [2.05, 4.69) is 10.1 Å². The molecule has 1 N–H and O–H groups in total. The molecule has 0 aliphatic carbocycles. The lowest BCUT2D eigenvalue weighted by Crippen LogP contribution is -2.50. The van der Waals surface area contributed by atoms with Crippen molar-refractivity contribution >= 4 is 21.7 Å². The third kappa shape index (κ3) is 3.64. The van der Waals surface area contributed by atoms with E-state index < -0.39 is 16.4 Å². The fourth-order valence-corrected chi connectivity index (χ4v) is 3.12. The molecule has 25 heavy (non-hydrogen) atoms. The number of piperazine rings is 1. The number of rotatable bonds is 4. The van der Waals surface area contributed by atoms with Crippen LogP contribution < -0.4 is 4.90 Å². The smallest absolute Gasteiger partial charge is 0.268 e. The normalized spacial score (nSPS) is 15.4. The maximum Gasteiger partial charge on any atom is 0.268 e. The van der Waals surface area contributed by atoms with Gasteiger partial charge in [0.1, 0.15) is 6.61 Å². The molecule has 10 heteroatoms. The Hall–Kier alpha value is -2.46. The molecule has 0 spiro atoms. The standard InChI is InChI=1S/C15H19N5O4S/c1-25(23,24)14-16-15(20(17-14)12-5-3-2-4-6-12)19-9-7-18(8-10-19)13(22)11-21/h2-6,21H,7-11H2,1H3. The van der Waals surface area contributed by atoms with Crippen LogP contribution in [0.2, 0.25) is 0 Å². The van der Waals surface area contributed by atoms with E-state index in [0.717, 1.165) is 6.26 Å². The number of aromatic nitrogens is 3. The van der Waals surface area contributed by atoms with Gasteiger partial charge in [0.15, 0.2) is 0 Å². The van der Waals surface area contributed by atoms with Gasteiger partial charge in [0, 0.05) is 32.4 Å². The van der Waals surface area contributed by atoms with Crippen LogP contribution in [-0.2, 0) is 14.6 Å². The zero-order chi connectivity index (χ0) is 18.0. The van der Waals surface area contributed by atoms with Crippen molar-refractivity contribution in [3.63, 3.8) is 0 Å². The van der Waals surface area contributed by atoms with Gasteiger partial charge in [-0.15, -0.1) is 5.10 Å². The number of aliphatic hydroxyl groups is 1. The van der Waals surface area contributed by atoms with Crippen LogP contribution in [0, 0.1) is 0 Å². The van der Waals surface area contributed by atoms with E-state index in [-0.39, 0.29) is 11.1 Å². The van der Waals surface area contributed by atoms with E-state index >= 15 is 0 Å². The Morgan fingerprint density at radius 3 is 2.36 bits per heavy atom.